The fraction of sp³-hybridized carbons (Fsp3) is 0.643. The van der Waals surface area contributed by atoms with Crippen LogP contribution in [0.15, 0.2) is 24.5 Å². The van der Waals surface area contributed by atoms with Crippen LogP contribution in [0, 0.1) is 0 Å². The number of rotatable bonds is 6. The van der Waals surface area contributed by atoms with Crippen LogP contribution in [0.3, 0.4) is 0 Å². The van der Waals surface area contributed by atoms with Gasteiger partial charge in [-0.15, -0.1) is 0 Å². The number of piperazine rings is 1. The molecule has 18 heavy (non-hydrogen) atoms. The summed E-state index contributed by atoms with van der Waals surface area (Å²) in [5.41, 5.74) is 1.31. The molecule has 0 atom stereocenters. The Balaban J connectivity index is 1.51. The molecular weight excluding hydrogens is 224 g/mol. The van der Waals surface area contributed by atoms with Crippen molar-refractivity contribution in [1.29, 1.82) is 0 Å². The minimum atomic E-state index is 1.04. The van der Waals surface area contributed by atoms with Crippen LogP contribution in [0.25, 0.3) is 0 Å². The molecule has 4 heteroatoms. The molecule has 0 saturated carbocycles. The minimum Gasteiger partial charge on any atom is -0.315 e. The SMILES string of the molecule is CN1CCN(CCNCCc2cccnc2)CC1. The molecule has 1 aromatic heterocycles. The van der Waals surface area contributed by atoms with Crippen molar-refractivity contribution < 1.29 is 0 Å². The lowest BCUT2D eigenvalue weighted by atomic mass is 10.2. The lowest BCUT2D eigenvalue weighted by molar-refractivity contribution is 0.155. The zero-order chi connectivity index (χ0) is 12.6. The van der Waals surface area contributed by atoms with Crippen molar-refractivity contribution in [3.8, 4) is 0 Å². The molecule has 0 amide bonds. The molecule has 1 aliphatic rings. The Morgan fingerprint density at radius 3 is 2.78 bits per heavy atom. The van der Waals surface area contributed by atoms with E-state index < -0.39 is 0 Å². The van der Waals surface area contributed by atoms with Gasteiger partial charge in [-0.3, -0.25) is 9.88 Å². The summed E-state index contributed by atoms with van der Waals surface area (Å²) in [7, 11) is 2.20. The first-order valence-electron chi connectivity index (χ1n) is 6.85. The lowest BCUT2D eigenvalue weighted by Gasteiger charge is -2.32. The van der Waals surface area contributed by atoms with Gasteiger partial charge in [0, 0.05) is 51.7 Å². The van der Waals surface area contributed by atoms with Crippen molar-refractivity contribution in [2.45, 2.75) is 6.42 Å². The van der Waals surface area contributed by atoms with Crippen molar-refractivity contribution in [2.24, 2.45) is 0 Å². The Morgan fingerprint density at radius 2 is 2.06 bits per heavy atom. The van der Waals surface area contributed by atoms with Crippen molar-refractivity contribution in [2.75, 3.05) is 52.9 Å². The van der Waals surface area contributed by atoms with Gasteiger partial charge in [-0.1, -0.05) is 6.07 Å². The second-order valence-corrected chi connectivity index (χ2v) is 5.01. The average molecular weight is 248 g/mol. The smallest absolute Gasteiger partial charge is 0.0300 e. The Bertz CT molecular complexity index is 320. The summed E-state index contributed by atoms with van der Waals surface area (Å²) in [6.45, 7) is 8.12. The van der Waals surface area contributed by atoms with Gasteiger partial charge in [-0.25, -0.2) is 0 Å². The highest BCUT2D eigenvalue weighted by molar-refractivity contribution is 5.08. The molecule has 2 rings (SSSR count). The summed E-state index contributed by atoms with van der Waals surface area (Å²) >= 11 is 0. The van der Waals surface area contributed by atoms with E-state index in [0.29, 0.717) is 0 Å². The number of pyridine rings is 1. The number of nitrogens with zero attached hydrogens (tertiary/aromatic N) is 3. The largest absolute Gasteiger partial charge is 0.315 e. The summed E-state index contributed by atoms with van der Waals surface area (Å²) in [6.07, 6.45) is 4.84. The van der Waals surface area contributed by atoms with Gasteiger partial charge in [0.1, 0.15) is 0 Å². The fourth-order valence-corrected chi connectivity index (χ4v) is 2.21. The van der Waals surface area contributed by atoms with Gasteiger partial charge in [-0.2, -0.15) is 0 Å². The van der Waals surface area contributed by atoms with Crippen molar-refractivity contribution >= 4 is 0 Å². The highest BCUT2D eigenvalue weighted by Crippen LogP contribution is 1.98. The first kappa shape index (κ1) is 13.5. The van der Waals surface area contributed by atoms with E-state index >= 15 is 0 Å². The van der Waals surface area contributed by atoms with Crippen LogP contribution in [0.2, 0.25) is 0 Å². The predicted molar refractivity (Wildman–Crippen MR) is 74.7 cm³/mol. The Kier molecular flexibility index (Phi) is 5.58. The standard InChI is InChI=1S/C14H24N4/c1-17-9-11-18(12-10-17)8-7-15-6-4-14-3-2-5-16-13-14/h2-3,5,13,15H,4,6-12H2,1H3. The van der Waals surface area contributed by atoms with Gasteiger partial charge in [0.25, 0.3) is 0 Å². The van der Waals surface area contributed by atoms with Crippen LogP contribution in [-0.2, 0) is 6.42 Å². The highest BCUT2D eigenvalue weighted by Gasteiger charge is 2.12. The van der Waals surface area contributed by atoms with Gasteiger partial charge in [0.2, 0.25) is 0 Å². The van der Waals surface area contributed by atoms with Gasteiger partial charge in [0.15, 0.2) is 0 Å². The maximum Gasteiger partial charge on any atom is 0.0300 e. The van der Waals surface area contributed by atoms with Crippen LogP contribution in [0.5, 0.6) is 0 Å². The quantitative estimate of drug-likeness (QED) is 0.741. The van der Waals surface area contributed by atoms with E-state index in [2.05, 4.69) is 33.2 Å². The van der Waals surface area contributed by atoms with E-state index in [1.54, 1.807) is 0 Å². The molecule has 0 aromatic carbocycles. The van der Waals surface area contributed by atoms with Gasteiger partial charge < -0.3 is 10.2 Å². The lowest BCUT2D eigenvalue weighted by Crippen LogP contribution is -2.46. The zero-order valence-corrected chi connectivity index (χ0v) is 11.3. The number of likely N-dealkylation sites (N-methyl/N-ethyl adjacent to an activating group) is 1. The second-order valence-electron chi connectivity index (χ2n) is 5.01. The second kappa shape index (κ2) is 7.46. The fourth-order valence-electron chi connectivity index (χ4n) is 2.21. The number of aromatic nitrogens is 1. The van der Waals surface area contributed by atoms with Crippen LogP contribution >= 0.6 is 0 Å². The molecule has 100 valence electrons. The third-order valence-corrected chi connectivity index (χ3v) is 3.51. The molecule has 1 saturated heterocycles. The topological polar surface area (TPSA) is 31.4 Å². The molecule has 1 N–H and O–H groups in total. The van der Waals surface area contributed by atoms with Crippen LogP contribution < -0.4 is 5.32 Å². The summed E-state index contributed by atoms with van der Waals surface area (Å²) in [5, 5.41) is 3.51. The average Bonchev–Trinajstić information content (AvgIpc) is 2.42. The molecule has 0 bridgehead atoms. The number of nitrogens with one attached hydrogen (secondary N) is 1. The van der Waals surface area contributed by atoms with Gasteiger partial charge in [0.05, 0.1) is 0 Å². The van der Waals surface area contributed by atoms with Crippen molar-refractivity contribution in [1.82, 2.24) is 20.1 Å². The maximum atomic E-state index is 4.12. The maximum absolute atomic E-state index is 4.12. The van der Waals surface area contributed by atoms with E-state index in [1.807, 2.05) is 18.5 Å². The van der Waals surface area contributed by atoms with E-state index in [9.17, 15) is 0 Å². The summed E-state index contributed by atoms with van der Waals surface area (Å²) in [4.78, 5) is 9.06. The minimum absolute atomic E-state index is 1.04. The zero-order valence-electron chi connectivity index (χ0n) is 11.3. The number of hydrogen-bond donors (Lipinski definition) is 1. The molecule has 1 aliphatic heterocycles. The third-order valence-electron chi connectivity index (χ3n) is 3.51. The summed E-state index contributed by atoms with van der Waals surface area (Å²) in [5.74, 6) is 0. The Hall–Kier alpha value is -0.970. The molecule has 0 radical (unpaired) electrons. The number of hydrogen-bond acceptors (Lipinski definition) is 4. The van der Waals surface area contributed by atoms with Crippen LogP contribution in [-0.4, -0.2) is 67.6 Å². The van der Waals surface area contributed by atoms with Crippen molar-refractivity contribution in [3.63, 3.8) is 0 Å². The molecule has 0 aliphatic carbocycles. The van der Waals surface area contributed by atoms with Gasteiger partial charge in [-0.05, 0) is 31.6 Å². The molecule has 2 heterocycles. The first-order valence-corrected chi connectivity index (χ1v) is 6.85. The van der Waals surface area contributed by atoms with E-state index in [1.165, 1.54) is 38.3 Å². The predicted octanol–water partition coefficient (Wildman–Crippen LogP) is 0.461. The third kappa shape index (κ3) is 4.72. The van der Waals surface area contributed by atoms with Crippen LogP contribution in [0.4, 0.5) is 0 Å². The van der Waals surface area contributed by atoms with Crippen molar-refractivity contribution in [3.05, 3.63) is 30.1 Å². The van der Waals surface area contributed by atoms with Crippen LogP contribution in [0.1, 0.15) is 5.56 Å². The molecule has 4 nitrogen and oxygen atoms in total. The molecule has 1 fully saturated rings. The van der Waals surface area contributed by atoms with E-state index in [-0.39, 0.29) is 0 Å². The normalized spacial score (nSPS) is 18.1. The summed E-state index contributed by atoms with van der Waals surface area (Å²) in [6, 6.07) is 4.13. The Morgan fingerprint density at radius 1 is 1.22 bits per heavy atom. The molecule has 0 spiro atoms. The summed E-state index contributed by atoms with van der Waals surface area (Å²) < 4.78 is 0. The van der Waals surface area contributed by atoms with E-state index in [0.717, 1.165) is 19.5 Å². The molecular formula is C14H24N4. The van der Waals surface area contributed by atoms with Gasteiger partial charge >= 0.3 is 0 Å². The first-order chi connectivity index (χ1) is 8.84. The molecule has 1 aromatic rings. The highest BCUT2D eigenvalue weighted by atomic mass is 15.2. The van der Waals surface area contributed by atoms with E-state index in [4.69, 9.17) is 0 Å². The molecule has 0 unspecified atom stereocenters. The Labute approximate surface area is 110 Å². The monoisotopic (exact) mass is 248 g/mol.